The molecule has 0 radical (unpaired) electrons. The second-order valence-corrected chi connectivity index (χ2v) is 2.45. The van der Waals surface area contributed by atoms with E-state index >= 15 is 0 Å². The topological polar surface area (TPSA) is 48.2 Å². The van der Waals surface area contributed by atoms with Crippen molar-refractivity contribution in [1.82, 2.24) is 10.1 Å². The predicted molar refractivity (Wildman–Crippen MR) is 45.1 cm³/mol. The molecule has 4 heteroatoms. The van der Waals surface area contributed by atoms with Crippen molar-refractivity contribution in [1.29, 1.82) is 0 Å². The second-order valence-electron chi connectivity index (χ2n) is 2.45. The van der Waals surface area contributed by atoms with E-state index in [1.165, 1.54) is 6.39 Å². The molecule has 2 rings (SSSR count). The molecule has 0 atom stereocenters. The first-order chi connectivity index (χ1) is 6.45. The summed E-state index contributed by atoms with van der Waals surface area (Å²) in [4.78, 5) is 3.83. The van der Waals surface area contributed by atoms with Crippen LogP contribution >= 0.6 is 0 Å². The van der Waals surface area contributed by atoms with Gasteiger partial charge in [0.25, 0.3) is 0 Å². The molecule has 0 saturated heterocycles. The van der Waals surface area contributed by atoms with Gasteiger partial charge in [-0.2, -0.15) is 4.98 Å². The minimum Gasteiger partial charge on any atom is -0.485 e. The van der Waals surface area contributed by atoms with Crippen LogP contribution in [0.1, 0.15) is 5.82 Å². The Labute approximate surface area is 75.2 Å². The van der Waals surface area contributed by atoms with Gasteiger partial charge in [-0.15, -0.1) is 0 Å². The summed E-state index contributed by atoms with van der Waals surface area (Å²) >= 11 is 0. The molecule has 0 unspecified atom stereocenters. The zero-order valence-electron chi connectivity index (χ0n) is 6.88. The van der Waals surface area contributed by atoms with E-state index in [1.54, 1.807) is 0 Å². The molecule has 1 aromatic heterocycles. The smallest absolute Gasteiger partial charge is 0.213 e. The van der Waals surface area contributed by atoms with Crippen LogP contribution in [0.4, 0.5) is 0 Å². The van der Waals surface area contributed by atoms with Crippen molar-refractivity contribution in [2.24, 2.45) is 0 Å². The quantitative estimate of drug-likeness (QED) is 0.713. The minimum atomic E-state index is 0.334. The lowest BCUT2D eigenvalue weighted by atomic mass is 10.3. The number of ether oxygens (including phenoxy) is 1. The molecule has 0 spiro atoms. The van der Waals surface area contributed by atoms with Crippen molar-refractivity contribution in [3.8, 4) is 5.75 Å². The highest BCUT2D eigenvalue weighted by Crippen LogP contribution is 2.09. The molecule has 0 amide bonds. The Kier molecular flexibility index (Phi) is 2.22. The molecule has 0 N–H and O–H groups in total. The Morgan fingerprint density at radius 3 is 2.77 bits per heavy atom. The Balaban J connectivity index is 1.94. The number of benzene rings is 1. The van der Waals surface area contributed by atoms with Crippen molar-refractivity contribution in [2.75, 3.05) is 0 Å². The lowest BCUT2D eigenvalue weighted by Gasteiger charge is -2.00. The highest BCUT2D eigenvalue weighted by Gasteiger charge is 1.98. The zero-order valence-corrected chi connectivity index (χ0v) is 6.88. The maximum absolute atomic E-state index is 5.37. The van der Waals surface area contributed by atoms with Crippen LogP contribution in [0.3, 0.4) is 0 Å². The number of nitrogens with zero attached hydrogens (tertiary/aromatic N) is 2. The lowest BCUT2D eigenvalue weighted by molar-refractivity contribution is 0.286. The normalized spacial score (nSPS) is 9.85. The van der Waals surface area contributed by atoms with Gasteiger partial charge in [0.1, 0.15) is 5.75 Å². The summed E-state index contributed by atoms with van der Waals surface area (Å²) in [6.07, 6.45) is 1.28. The average Bonchev–Trinajstić information content (AvgIpc) is 2.69. The zero-order chi connectivity index (χ0) is 8.93. The van der Waals surface area contributed by atoms with E-state index in [0.29, 0.717) is 12.4 Å². The SMILES string of the molecule is c1ccc(OCc2ncon2)cc1. The summed E-state index contributed by atoms with van der Waals surface area (Å²) in [6.45, 7) is 0.334. The van der Waals surface area contributed by atoms with Crippen molar-refractivity contribution >= 4 is 0 Å². The molecule has 1 aromatic carbocycles. The van der Waals surface area contributed by atoms with Crippen molar-refractivity contribution in [3.05, 3.63) is 42.5 Å². The number of hydrogen-bond donors (Lipinski definition) is 0. The van der Waals surface area contributed by atoms with E-state index in [0.717, 1.165) is 5.75 Å². The maximum atomic E-state index is 5.37. The van der Waals surface area contributed by atoms with E-state index in [2.05, 4.69) is 14.7 Å². The molecule has 1 heterocycles. The van der Waals surface area contributed by atoms with Gasteiger partial charge in [0.15, 0.2) is 6.61 Å². The van der Waals surface area contributed by atoms with Crippen molar-refractivity contribution < 1.29 is 9.26 Å². The molecule has 0 bridgehead atoms. The average molecular weight is 176 g/mol. The highest BCUT2D eigenvalue weighted by molar-refractivity contribution is 5.20. The van der Waals surface area contributed by atoms with Crippen LogP contribution in [0.5, 0.6) is 5.75 Å². The van der Waals surface area contributed by atoms with Crippen LogP contribution in [0.25, 0.3) is 0 Å². The first kappa shape index (κ1) is 7.79. The maximum Gasteiger partial charge on any atom is 0.213 e. The summed E-state index contributed by atoms with van der Waals surface area (Å²) in [5.41, 5.74) is 0. The van der Waals surface area contributed by atoms with Gasteiger partial charge in [-0.05, 0) is 12.1 Å². The molecular formula is C9H8N2O2. The van der Waals surface area contributed by atoms with Gasteiger partial charge < -0.3 is 9.26 Å². The van der Waals surface area contributed by atoms with Gasteiger partial charge in [0, 0.05) is 0 Å². The van der Waals surface area contributed by atoms with Gasteiger partial charge in [-0.3, -0.25) is 0 Å². The van der Waals surface area contributed by atoms with E-state index < -0.39 is 0 Å². The van der Waals surface area contributed by atoms with Crippen LogP contribution in [0.2, 0.25) is 0 Å². The van der Waals surface area contributed by atoms with Gasteiger partial charge >= 0.3 is 0 Å². The van der Waals surface area contributed by atoms with Crippen LogP contribution in [0.15, 0.2) is 41.2 Å². The highest BCUT2D eigenvalue weighted by atomic mass is 16.5. The number of para-hydroxylation sites is 1. The summed E-state index contributed by atoms with van der Waals surface area (Å²) < 4.78 is 9.93. The monoisotopic (exact) mass is 176 g/mol. The first-order valence-corrected chi connectivity index (χ1v) is 3.88. The molecule has 4 nitrogen and oxygen atoms in total. The Bertz CT molecular complexity index is 345. The molecule has 0 aliphatic rings. The third-order valence-corrected chi connectivity index (χ3v) is 1.52. The molecule has 13 heavy (non-hydrogen) atoms. The molecule has 0 aliphatic carbocycles. The fourth-order valence-electron chi connectivity index (χ4n) is 0.921. The van der Waals surface area contributed by atoms with Gasteiger partial charge in [0.05, 0.1) is 0 Å². The molecule has 66 valence electrons. The predicted octanol–water partition coefficient (Wildman–Crippen LogP) is 1.65. The fraction of sp³-hybridized carbons (Fsp3) is 0.111. The van der Waals surface area contributed by atoms with Crippen LogP contribution in [-0.2, 0) is 6.61 Å². The van der Waals surface area contributed by atoms with Crippen molar-refractivity contribution in [2.45, 2.75) is 6.61 Å². The third kappa shape index (κ3) is 2.05. The van der Waals surface area contributed by atoms with Gasteiger partial charge in [-0.25, -0.2) is 0 Å². The standard InChI is InChI=1S/C9H8N2O2/c1-2-4-8(5-3-1)12-6-9-10-7-13-11-9/h1-5,7H,6H2. The van der Waals surface area contributed by atoms with E-state index in [9.17, 15) is 0 Å². The number of aromatic nitrogens is 2. The molecular weight excluding hydrogens is 168 g/mol. The summed E-state index contributed by atoms with van der Waals surface area (Å²) in [5, 5.41) is 3.62. The first-order valence-electron chi connectivity index (χ1n) is 3.88. The van der Waals surface area contributed by atoms with Gasteiger partial charge in [-0.1, -0.05) is 23.4 Å². The fourth-order valence-corrected chi connectivity index (χ4v) is 0.921. The van der Waals surface area contributed by atoms with Crippen LogP contribution < -0.4 is 4.74 Å². The largest absolute Gasteiger partial charge is 0.485 e. The van der Waals surface area contributed by atoms with Crippen LogP contribution in [-0.4, -0.2) is 10.1 Å². The van der Waals surface area contributed by atoms with Crippen LogP contribution in [0, 0.1) is 0 Å². The summed E-state index contributed by atoms with van der Waals surface area (Å²) in [5.74, 6) is 1.34. The number of hydrogen-bond acceptors (Lipinski definition) is 4. The minimum absolute atomic E-state index is 0.334. The third-order valence-electron chi connectivity index (χ3n) is 1.52. The molecule has 0 aliphatic heterocycles. The van der Waals surface area contributed by atoms with E-state index in [-0.39, 0.29) is 0 Å². The summed E-state index contributed by atoms with van der Waals surface area (Å²) in [7, 11) is 0. The second kappa shape index (κ2) is 3.71. The van der Waals surface area contributed by atoms with E-state index in [4.69, 9.17) is 4.74 Å². The lowest BCUT2D eigenvalue weighted by Crippen LogP contribution is -1.96. The van der Waals surface area contributed by atoms with Crippen molar-refractivity contribution in [3.63, 3.8) is 0 Å². The Morgan fingerprint density at radius 1 is 1.23 bits per heavy atom. The summed E-state index contributed by atoms with van der Waals surface area (Å²) in [6, 6.07) is 9.50. The molecule has 0 fully saturated rings. The number of rotatable bonds is 3. The van der Waals surface area contributed by atoms with Gasteiger partial charge in [0.2, 0.25) is 12.2 Å². The van der Waals surface area contributed by atoms with E-state index in [1.807, 2.05) is 30.3 Å². The Morgan fingerprint density at radius 2 is 2.08 bits per heavy atom. The molecule has 0 saturated carbocycles. The molecule has 2 aromatic rings. The Hall–Kier alpha value is -1.84.